The fraction of sp³-hybridized carbons (Fsp3) is 0.200. The van der Waals surface area contributed by atoms with E-state index >= 15 is 0 Å². The van der Waals surface area contributed by atoms with Crippen molar-refractivity contribution in [3.8, 4) is 24.7 Å². The minimum atomic E-state index is 0.115. The van der Waals surface area contributed by atoms with E-state index in [0.717, 1.165) is 35.1 Å². The molecule has 2 aromatic rings. The van der Waals surface area contributed by atoms with E-state index in [1.54, 1.807) is 5.31 Å². The van der Waals surface area contributed by atoms with Gasteiger partial charge in [-0.3, -0.25) is 0 Å². The van der Waals surface area contributed by atoms with Gasteiger partial charge in [0.15, 0.2) is 0 Å². The van der Waals surface area contributed by atoms with Gasteiger partial charge in [-0.2, -0.15) is 0 Å². The summed E-state index contributed by atoms with van der Waals surface area (Å²) in [5.74, 6) is 5.25. The molecule has 0 aliphatic carbocycles. The summed E-state index contributed by atoms with van der Waals surface area (Å²) in [6.45, 7) is 0. The van der Waals surface area contributed by atoms with Crippen LogP contribution >= 0.6 is 0 Å². The second kappa shape index (κ2) is 5.88. The largest absolute Gasteiger partial charge is 0.303 e. The standard InChI is InChI=1S/C20H17N/c1-3-15-5-9-17(10-6-15)19-13-14-20(21-19)18-11-7-16(4-2)8-12-18/h1-2,5-12,19-21H,13-14H2/i/hD. The molecule has 2 atom stereocenters. The molecule has 1 fully saturated rings. The molecule has 0 bridgehead atoms. The van der Waals surface area contributed by atoms with Gasteiger partial charge < -0.3 is 5.31 Å². The molecule has 0 saturated carbocycles. The molecule has 21 heavy (non-hydrogen) atoms. The van der Waals surface area contributed by atoms with Crippen LogP contribution in [0.3, 0.4) is 0 Å². The van der Waals surface area contributed by atoms with Gasteiger partial charge in [0.25, 0.3) is 0 Å². The number of benzene rings is 2. The lowest BCUT2D eigenvalue weighted by atomic mass is 10.0. The third-order valence-corrected chi connectivity index (χ3v) is 4.00. The van der Waals surface area contributed by atoms with Gasteiger partial charge in [0.2, 0.25) is 0 Å². The summed E-state index contributed by atoms with van der Waals surface area (Å²) in [4.78, 5) is 0. The molecule has 0 amide bonds. The molecule has 3 rings (SSSR count). The Morgan fingerprint density at radius 2 is 1.19 bits per heavy atom. The van der Waals surface area contributed by atoms with Gasteiger partial charge in [0, 0.05) is 23.2 Å². The molecular formula is C20H17N. The van der Waals surface area contributed by atoms with Crippen LogP contribution in [-0.2, 0) is 0 Å². The van der Waals surface area contributed by atoms with E-state index in [0.29, 0.717) is 0 Å². The summed E-state index contributed by atoms with van der Waals surface area (Å²) in [7, 11) is 0. The van der Waals surface area contributed by atoms with Crippen LogP contribution in [0.15, 0.2) is 48.5 Å². The molecule has 1 heteroatoms. The molecule has 0 spiro atoms. The molecule has 0 radical (unpaired) electrons. The molecule has 2 unspecified atom stereocenters. The lowest BCUT2D eigenvalue weighted by molar-refractivity contribution is 0.574. The Balaban J connectivity index is 1.80. The van der Waals surface area contributed by atoms with Crippen LogP contribution in [-0.4, -0.2) is 0 Å². The van der Waals surface area contributed by atoms with Gasteiger partial charge in [-0.1, -0.05) is 36.1 Å². The van der Waals surface area contributed by atoms with Crippen molar-refractivity contribution >= 4 is 0 Å². The van der Waals surface area contributed by atoms with Crippen molar-refractivity contribution in [3.63, 3.8) is 0 Å². The Morgan fingerprint density at radius 3 is 1.52 bits per heavy atom. The van der Waals surface area contributed by atoms with Crippen LogP contribution in [0, 0.1) is 24.7 Å². The van der Waals surface area contributed by atoms with Gasteiger partial charge in [0.1, 0.15) is 1.41 Å². The minimum absolute atomic E-state index is 0.115. The highest BCUT2D eigenvalue weighted by Crippen LogP contribution is 2.34. The van der Waals surface area contributed by atoms with Gasteiger partial charge in [-0.15, -0.1) is 12.8 Å². The highest BCUT2D eigenvalue weighted by Gasteiger charge is 2.25. The maximum absolute atomic E-state index is 8.47. The number of hydrogen-bond acceptors (Lipinski definition) is 1. The van der Waals surface area contributed by atoms with Gasteiger partial charge in [-0.25, -0.2) is 0 Å². The first-order chi connectivity index (χ1) is 10.7. The maximum atomic E-state index is 8.47. The summed E-state index contributed by atoms with van der Waals surface area (Å²) in [6.07, 6.45) is 12.7. The second-order valence-electron chi connectivity index (χ2n) is 5.29. The average Bonchev–Trinajstić information content (AvgIpc) is 2.96. The number of rotatable bonds is 2. The Morgan fingerprint density at radius 1 is 0.810 bits per heavy atom. The van der Waals surface area contributed by atoms with Crippen molar-refractivity contribution < 1.29 is 1.41 Å². The van der Waals surface area contributed by atoms with Crippen molar-refractivity contribution in [2.24, 2.45) is 0 Å². The summed E-state index contributed by atoms with van der Waals surface area (Å²) < 4.78 is 8.47. The molecule has 0 aromatic heterocycles. The van der Waals surface area contributed by atoms with E-state index in [1.165, 1.54) is 0 Å². The van der Waals surface area contributed by atoms with E-state index in [1.807, 2.05) is 48.5 Å². The Bertz CT molecular complexity index is 666. The monoisotopic (exact) mass is 272 g/mol. The zero-order chi connectivity index (χ0) is 15.5. The smallest absolute Gasteiger partial charge is 0.123 e. The Hall–Kier alpha value is -2.48. The van der Waals surface area contributed by atoms with Crippen LogP contribution in [0.25, 0.3) is 0 Å². The zero-order valence-electron chi connectivity index (χ0n) is 12.8. The zero-order valence-corrected chi connectivity index (χ0v) is 11.8. The van der Waals surface area contributed by atoms with Crippen molar-refractivity contribution in [1.29, 1.82) is 0 Å². The molecule has 1 saturated heterocycles. The van der Waals surface area contributed by atoms with E-state index in [4.69, 9.17) is 14.3 Å². The van der Waals surface area contributed by atoms with Crippen LogP contribution in [0.1, 0.15) is 47.2 Å². The maximum Gasteiger partial charge on any atom is 0.123 e. The summed E-state index contributed by atoms with van der Waals surface area (Å²) in [5.41, 5.74) is 4.05. The molecule has 1 aliphatic heterocycles. The van der Waals surface area contributed by atoms with E-state index in [2.05, 4.69) is 11.8 Å². The third-order valence-electron chi connectivity index (χ3n) is 4.00. The van der Waals surface area contributed by atoms with E-state index in [-0.39, 0.29) is 12.1 Å². The van der Waals surface area contributed by atoms with Gasteiger partial charge >= 0.3 is 0 Å². The molecular weight excluding hydrogens is 254 g/mol. The molecule has 1 nitrogen and oxygen atoms in total. The SMILES string of the molecule is [2H]N1C(c2ccc(C#C)cc2)CCC1c1ccc(C#C)cc1. The molecule has 102 valence electrons. The first kappa shape index (κ1) is 12.3. The molecule has 2 aromatic carbocycles. The van der Waals surface area contributed by atoms with Crippen molar-refractivity contribution in [2.45, 2.75) is 24.9 Å². The van der Waals surface area contributed by atoms with Crippen molar-refractivity contribution in [2.75, 3.05) is 0 Å². The predicted molar refractivity (Wildman–Crippen MR) is 86.6 cm³/mol. The number of nitrogens with one attached hydrogen (secondary N) is 1. The van der Waals surface area contributed by atoms with Gasteiger partial charge in [-0.05, 0) is 48.2 Å². The quantitative estimate of drug-likeness (QED) is 0.820. The highest BCUT2D eigenvalue weighted by molar-refractivity contribution is 5.37. The lowest BCUT2D eigenvalue weighted by Gasteiger charge is -2.15. The van der Waals surface area contributed by atoms with Crippen molar-refractivity contribution in [3.05, 3.63) is 70.8 Å². The Kier molecular flexibility index (Phi) is 3.44. The second-order valence-corrected chi connectivity index (χ2v) is 5.29. The normalized spacial score (nSPS) is 22.3. The highest BCUT2D eigenvalue weighted by atomic mass is 15.0. The van der Waals surface area contributed by atoms with Crippen LogP contribution in [0.4, 0.5) is 0 Å². The fourth-order valence-corrected chi connectivity index (χ4v) is 2.79. The summed E-state index contributed by atoms with van der Waals surface area (Å²) in [5, 5.41) is 1.70. The van der Waals surface area contributed by atoms with E-state index in [9.17, 15) is 0 Å². The summed E-state index contributed by atoms with van der Waals surface area (Å²) >= 11 is 0. The average molecular weight is 272 g/mol. The van der Waals surface area contributed by atoms with Crippen LogP contribution < -0.4 is 5.31 Å². The fourth-order valence-electron chi connectivity index (χ4n) is 2.79. The van der Waals surface area contributed by atoms with Crippen LogP contribution in [0.5, 0.6) is 0 Å². The molecule has 1 N–H and O–H groups in total. The molecule has 1 aliphatic rings. The summed E-state index contributed by atoms with van der Waals surface area (Å²) in [6, 6.07) is 16.1. The van der Waals surface area contributed by atoms with Gasteiger partial charge in [0.05, 0.1) is 0 Å². The van der Waals surface area contributed by atoms with Crippen LogP contribution in [0.2, 0.25) is 1.41 Å². The lowest BCUT2D eigenvalue weighted by Crippen LogP contribution is -2.17. The first-order valence-corrected chi connectivity index (χ1v) is 7.13. The van der Waals surface area contributed by atoms with Crippen molar-refractivity contribution in [1.82, 2.24) is 5.31 Å². The number of terminal acetylenes is 2. The third kappa shape index (κ3) is 2.84. The molecule has 1 heterocycles. The minimum Gasteiger partial charge on any atom is -0.303 e. The Labute approximate surface area is 127 Å². The predicted octanol–water partition coefficient (Wildman–Crippen LogP) is 3.82. The topological polar surface area (TPSA) is 12.0 Å². The number of hydrogen-bond donors (Lipinski definition) is 1. The first-order valence-electron chi connectivity index (χ1n) is 7.58. The van der Waals surface area contributed by atoms with E-state index < -0.39 is 0 Å².